The molecule has 1 N–H and O–H groups in total. The van der Waals surface area contributed by atoms with E-state index in [4.69, 9.17) is 4.42 Å². The van der Waals surface area contributed by atoms with Crippen LogP contribution < -0.4 is 5.32 Å². The van der Waals surface area contributed by atoms with E-state index in [-0.39, 0.29) is 0 Å². The third-order valence-electron chi connectivity index (χ3n) is 2.77. The molecule has 17 heavy (non-hydrogen) atoms. The van der Waals surface area contributed by atoms with E-state index in [0.29, 0.717) is 0 Å². The Kier molecular flexibility index (Phi) is 2.54. The van der Waals surface area contributed by atoms with Crippen molar-refractivity contribution >= 4 is 5.69 Å². The molecule has 0 saturated heterocycles. The maximum absolute atomic E-state index is 5.40. The molecule has 1 aromatic rings. The van der Waals surface area contributed by atoms with Gasteiger partial charge in [0, 0.05) is 23.9 Å². The summed E-state index contributed by atoms with van der Waals surface area (Å²) in [6.45, 7) is 0.831. The van der Waals surface area contributed by atoms with Gasteiger partial charge in [0.1, 0.15) is 5.76 Å². The molecule has 2 heteroatoms. The van der Waals surface area contributed by atoms with Crippen molar-refractivity contribution in [2.24, 2.45) is 0 Å². The highest BCUT2D eigenvalue weighted by Crippen LogP contribution is 2.28. The van der Waals surface area contributed by atoms with Crippen molar-refractivity contribution in [2.45, 2.75) is 6.54 Å². The van der Waals surface area contributed by atoms with Crippen LogP contribution in [-0.4, -0.2) is 0 Å². The van der Waals surface area contributed by atoms with Gasteiger partial charge in [-0.15, -0.1) is 0 Å². The van der Waals surface area contributed by atoms with Gasteiger partial charge in [0.05, 0.1) is 6.26 Å². The Labute approximate surface area is 100 Å². The lowest BCUT2D eigenvalue weighted by atomic mass is 10.2. The molecule has 0 atom stereocenters. The summed E-state index contributed by atoms with van der Waals surface area (Å²) >= 11 is 0. The smallest absolute Gasteiger partial charge is 0.135 e. The summed E-state index contributed by atoms with van der Waals surface area (Å²) in [4.78, 5) is 0. The molecule has 0 radical (unpaired) electrons. The number of hydrogen-bond donors (Lipinski definition) is 1. The molecule has 0 amide bonds. The molecular formula is C15H13NO. The van der Waals surface area contributed by atoms with Gasteiger partial charge in [-0.1, -0.05) is 30.3 Å². The largest absolute Gasteiger partial charge is 0.464 e. The summed E-state index contributed by atoms with van der Waals surface area (Å²) in [5.74, 6) is 0.920. The zero-order valence-corrected chi connectivity index (χ0v) is 9.39. The van der Waals surface area contributed by atoms with Crippen LogP contribution in [0.1, 0.15) is 5.56 Å². The normalized spacial score (nSPS) is 10.6. The second kappa shape index (κ2) is 4.34. The second-order valence-corrected chi connectivity index (χ2v) is 4.02. The summed E-state index contributed by atoms with van der Waals surface area (Å²) < 4.78 is 5.40. The third-order valence-corrected chi connectivity index (χ3v) is 2.77. The van der Waals surface area contributed by atoms with Gasteiger partial charge in [-0.05, 0) is 23.8 Å². The fourth-order valence-electron chi connectivity index (χ4n) is 1.89. The molecule has 1 aliphatic carbocycles. The third kappa shape index (κ3) is 2.16. The van der Waals surface area contributed by atoms with E-state index in [0.717, 1.165) is 23.6 Å². The van der Waals surface area contributed by atoms with Crippen molar-refractivity contribution in [3.63, 3.8) is 0 Å². The Morgan fingerprint density at radius 1 is 0.941 bits per heavy atom. The molecule has 0 spiro atoms. The maximum Gasteiger partial charge on any atom is 0.135 e. The summed E-state index contributed by atoms with van der Waals surface area (Å²) in [6.07, 6.45) is 1.70. The molecular weight excluding hydrogens is 210 g/mol. The summed E-state index contributed by atoms with van der Waals surface area (Å²) in [5, 5.41) is 3.39. The molecule has 1 aromatic carbocycles. The molecule has 0 aromatic heterocycles. The molecule has 84 valence electrons. The van der Waals surface area contributed by atoms with Crippen LogP contribution in [0.25, 0.3) is 11.3 Å². The summed E-state index contributed by atoms with van der Waals surface area (Å²) in [7, 11) is 0. The number of rotatable bonds is 3. The van der Waals surface area contributed by atoms with Crippen molar-refractivity contribution in [3.05, 3.63) is 66.4 Å². The van der Waals surface area contributed by atoms with Crippen LogP contribution in [0.5, 0.6) is 0 Å². The van der Waals surface area contributed by atoms with E-state index in [1.54, 1.807) is 6.26 Å². The SMILES string of the molecule is c1ccc(CNc2cc3cccoc-3c2)cc1. The topological polar surface area (TPSA) is 25.2 Å². The first-order valence-corrected chi connectivity index (χ1v) is 5.67. The highest BCUT2D eigenvalue weighted by Gasteiger charge is 2.07. The molecule has 3 rings (SSSR count). The summed E-state index contributed by atoms with van der Waals surface area (Å²) in [6, 6.07) is 18.4. The van der Waals surface area contributed by atoms with Crippen molar-refractivity contribution < 1.29 is 4.42 Å². The van der Waals surface area contributed by atoms with Gasteiger partial charge in [0.15, 0.2) is 0 Å². The maximum atomic E-state index is 5.40. The monoisotopic (exact) mass is 223 g/mol. The standard InChI is InChI=1S/C15H13NO/c1-2-5-12(6-3-1)11-16-14-9-13-7-4-8-17-15(13)10-14/h1-10,16H,11H2. The fraction of sp³-hybridized carbons (Fsp3) is 0.0667. The molecule has 1 heterocycles. The molecule has 0 fully saturated rings. The average molecular weight is 223 g/mol. The van der Waals surface area contributed by atoms with Gasteiger partial charge in [0.25, 0.3) is 0 Å². The predicted octanol–water partition coefficient (Wildman–Crippen LogP) is 4.00. The fourth-order valence-corrected chi connectivity index (χ4v) is 1.89. The second-order valence-electron chi connectivity index (χ2n) is 4.02. The van der Waals surface area contributed by atoms with E-state index in [9.17, 15) is 0 Å². The van der Waals surface area contributed by atoms with Crippen LogP contribution in [0.2, 0.25) is 0 Å². The number of fused-ring (bicyclic) bond motifs is 1. The molecule has 0 bridgehead atoms. The van der Waals surface area contributed by atoms with Gasteiger partial charge < -0.3 is 9.73 Å². The van der Waals surface area contributed by atoms with Gasteiger partial charge in [-0.2, -0.15) is 0 Å². The molecule has 0 saturated carbocycles. The van der Waals surface area contributed by atoms with Gasteiger partial charge >= 0.3 is 0 Å². The minimum atomic E-state index is 0.831. The number of anilines is 1. The number of nitrogens with one attached hydrogen (secondary N) is 1. The minimum Gasteiger partial charge on any atom is -0.464 e. The Hall–Kier alpha value is -2.22. The van der Waals surface area contributed by atoms with Crippen LogP contribution in [0, 0.1) is 0 Å². The number of hydrogen-bond acceptors (Lipinski definition) is 2. The van der Waals surface area contributed by atoms with Crippen molar-refractivity contribution in [3.8, 4) is 11.3 Å². The van der Waals surface area contributed by atoms with Gasteiger partial charge in [-0.25, -0.2) is 0 Å². The Balaban J connectivity index is 1.76. The first kappa shape index (κ1) is 9.97. The highest BCUT2D eigenvalue weighted by atomic mass is 16.3. The molecule has 0 unspecified atom stereocenters. The Bertz CT molecular complexity index is 541. The summed E-state index contributed by atoms with van der Waals surface area (Å²) in [5.41, 5.74) is 3.50. The lowest BCUT2D eigenvalue weighted by Gasteiger charge is -2.02. The lowest BCUT2D eigenvalue weighted by Crippen LogP contribution is -1.97. The van der Waals surface area contributed by atoms with Gasteiger partial charge in [-0.3, -0.25) is 0 Å². The minimum absolute atomic E-state index is 0.831. The van der Waals surface area contributed by atoms with Crippen molar-refractivity contribution in [2.75, 3.05) is 5.32 Å². The molecule has 1 aliphatic heterocycles. The first-order chi connectivity index (χ1) is 8.42. The predicted molar refractivity (Wildman–Crippen MR) is 69.1 cm³/mol. The highest BCUT2D eigenvalue weighted by molar-refractivity contribution is 5.70. The van der Waals surface area contributed by atoms with Crippen LogP contribution in [0.3, 0.4) is 0 Å². The first-order valence-electron chi connectivity index (χ1n) is 5.67. The van der Waals surface area contributed by atoms with Crippen LogP contribution in [0.15, 0.2) is 65.3 Å². The van der Waals surface area contributed by atoms with Crippen LogP contribution in [0.4, 0.5) is 5.69 Å². The van der Waals surface area contributed by atoms with Gasteiger partial charge in [0.2, 0.25) is 0 Å². The van der Waals surface area contributed by atoms with E-state index in [1.807, 2.05) is 36.4 Å². The number of benzene rings is 1. The van der Waals surface area contributed by atoms with E-state index in [1.165, 1.54) is 5.56 Å². The lowest BCUT2D eigenvalue weighted by molar-refractivity contribution is 0.567. The van der Waals surface area contributed by atoms with E-state index >= 15 is 0 Å². The molecule has 2 aliphatic rings. The average Bonchev–Trinajstić information content (AvgIpc) is 2.80. The van der Waals surface area contributed by atoms with Crippen molar-refractivity contribution in [1.82, 2.24) is 0 Å². The molecule has 2 nitrogen and oxygen atoms in total. The van der Waals surface area contributed by atoms with E-state index in [2.05, 4.69) is 23.5 Å². The van der Waals surface area contributed by atoms with Crippen LogP contribution in [-0.2, 0) is 6.54 Å². The van der Waals surface area contributed by atoms with E-state index < -0.39 is 0 Å². The zero-order chi connectivity index (χ0) is 11.5. The quantitative estimate of drug-likeness (QED) is 0.726. The Morgan fingerprint density at radius 2 is 1.82 bits per heavy atom. The van der Waals surface area contributed by atoms with Crippen molar-refractivity contribution in [1.29, 1.82) is 0 Å². The van der Waals surface area contributed by atoms with Crippen LogP contribution >= 0.6 is 0 Å². The Morgan fingerprint density at radius 3 is 2.65 bits per heavy atom. The zero-order valence-electron chi connectivity index (χ0n) is 9.39.